The zero-order valence-corrected chi connectivity index (χ0v) is 7.15. The summed E-state index contributed by atoms with van der Waals surface area (Å²) in [6.07, 6.45) is 0. The van der Waals surface area contributed by atoms with Gasteiger partial charge in [-0.2, -0.15) is 5.26 Å². The summed E-state index contributed by atoms with van der Waals surface area (Å²) >= 11 is 5.47. The highest BCUT2D eigenvalue weighted by Crippen LogP contribution is 2.13. The van der Waals surface area contributed by atoms with Crippen LogP contribution in [0.3, 0.4) is 0 Å². The predicted molar refractivity (Wildman–Crippen MR) is 45.2 cm³/mol. The number of nitrogens with zero attached hydrogens (tertiary/aromatic N) is 3. The van der Waals surface area contributed by atoms with Crippen LogP contribution >= 0.6 is 11.6 Å². The molecule has 0 aliphatic rings. The van der Waals surface area contributed by atoms with E-state index in [9.17, 15) is 10.1 Å². The zero-order chi connectivity index (χ0) is 9.84. The molecule has 5 nitrogen and oxygen atoms in total. The van der Waals surface area contributed by atoms with Crippen molar-refractivity contribution in [2.45, 2.75) is 5.88 Å². The minimum Gasteiger partial charge on any atom is -0.358 e. The summed E-state index contributed by atoms with van der Waals surface area (Å²) in [7, 11) is 0. The van der Waals surface area contributed by atoms with Gasteiger partial charge in [0.05, 0.1) is 0 Å². The minimum atomic E-state index is -0.656. The average Bonchev–Trinajstić information content (AvgIpc) is 2.16. The quantitative estimate of drug-likeness (QED) is 0.410. The van der Waals surface area contributed by atoms with Crippen LogP contribution in [-0.2, 0) is 5.88 Å². The van der Waals surface area contributed by atoms with E-state index in [2.05, 4.69) is 4.98 Å². The lowest BCUT2D eigenvalue weighted by Crippen LogP contribution is -1.95. The fourth-order valence-electron chi connectivity index (χ4n) is 0.799. The van der Waals surface area contributed by atoms with Crippen molar-refractivity contribution in [2.24, 2.45) is 0 Å². The highest BCUT2D eigenvalue weighted by Gasteiger charge is 2.11. The lowest BCUT2D eigenvalue weighted by molar-refractivity contribution is -0.389. The summed E-state index contributed by atoms with van der Waals surface area (Å²) in [6.45, 7) is 0. The molecule has 13 heavy (non-hydrogen) atoms. The molecule has 0 bridgehead atoms. The second-order valence-electron chi connectivity index (χ2n) is 2.22. The first-order valence-electron chi connectivity index (χ1n) is 3.29. The van der Waals surface area contributed by atoms with Crippen LogP contribution in [0.15, 0.2) is 12.1 Å². The predicted octanol–water partition coefficient (Wildman–Crippen LogP) is 1.60. The van der Waals surface area contributed by atoms with Gasteiger partial charge in [0.15, 0.2) is 0 Å². The second kappa shape index (κ2) is 3.83. The van der Waals surface area contributed by atoms with E-state index in [1.54, 1.807) is 6.07 Å². The molecule has 1 rings (SSSR count). The monoisotopic (exact) mass is 197 g/mol. The number of hydrogen-bond acceptors (Lipinski definition) is 4. The largest absolute Gasteiger partial charge is 0.365 e. The lowest BCUT2D eigenvalue weighted by Gasteiger charge is -1.94. The van der Waals surface area contributed by atoms with Gasteiger partial charge in [-0.15, -0.1) is 11.6 Å². The van der Waals surface area contributed by atoms with Gasteiger partial charge in [0.1, 0.15) is 6.07 Å². The van der Waals surface area contributed by atoms with Crippen molar-refractivity contribution in [3.8, 4) is 6.07 Å². The van der Waals surface area contributed by atoms with E-state index in [-0.39, 0.29) is 17.4 Å². The summed E-state index contributed by atoms with van der Waals surface area (Å²) in [5.74, 6) is -0.229. The highest BCUT2D eigenvalue weighted by atomic mass is 35.5. The number of nitriles is 1. The normalized spacial score (nSPS) is 9.23. The number of aromatic nitrogens is 1. The summed E-state index contributed by atoms with van der Waals surface area (Å²) in [5.41, 5.74) is 0.518. The molecule has 1 aromatic heterocycles. The molecule has 0 unspecified atom stereocenters. The molecule has 0 N–H and O–H groups in total. The van der Waals surface area contributed by atoms with Crippen LogP contribution in [0.5, 0.6) is 0 Å². The van der Waals surface area contributed by atoms with Crippen molar-refractivity contribution in [1.29, 1.82) is 5.26 Å². The maximum Gasteiger partial charge on any atom is 0.365 e. The number of halogens is 1. The molecule has 0 radical (unpaired) electrons. The van der Waals surface area contributed by atoms with Crippen LogP contribution in [0.1, 0.15) is 11.3 Å². The van der Waals surface area contributed by atoms with Gasteiger partial charge < -0.3 is 10.1 Å². The molecule has 0 atom stereocenters. The maximum absolute atomic E-state index is 10.3. The molecular weight excluding hydrogens is 194 g/mol. The molecular formula is C7H4ClN3O2. The summed E-state index contributed by atoms with van der Waals surface area (Å²) in [6, 6.07) is 4.38. The number of hydrogen-bond donors (Lipinski definition) is 0. The first-order chi connectivity index (χ1) is 6.17. The van der Waals surface area contributed by atoms with E-state index < -0.39 is 4.92 Å². The average molecular weight is 198 g/mol. The smallest absolute Gasteiger partial charge is 0.358 e. The van der Waals surface area contributed by atoms with Crippen molar-refractivity contribution in [3.63, 3.8) is 0 Å². The molecule has 0 aliphatic heterocycles. The first kappa shape index (κ1) is 9.42. The van der Waals surface area contributed by atoms with E-state index >= 15 is 0 Å². The van der Waals surface area contributed by atoms with Crippen molar-refractivity contribution in [3.05, 3.63) is 33.5 Å². The van der Waals surface area contributed by atoms with Crippen molar-refractivity contribution in [2.75, 3.05) is 0 Å². The Labute approximate surface area is 78.7 Å². The van der Waals surface area contributed by atoms with Crippen molar-refractivity contribution < 1.29 is 4.92 Å². The topological polar surface area (TPSA) is 79.8 Å². The molecule has 0 aromatic carbocycles. The van der Waals surface area contributed by atoms with Crippen LogP contribution in [-0.4, -0.2) is 9.91 Å². The Morgan fingerprint density at radius 3 is 2.85 bits per heavy atom. The Bertz CT molecular complexity index is 386. The fraction of sp³-hybridized carbons (Fsp3) is 0.143. The van der Waals surface area contributed by atoms with Gasteiger partial charge in [-0.1, -0.05) is 0 Å². The van der Waals surface area contributed by atoms with Crippen LogP contribution < -0.4 is 0 Å². The molecule has 1 heterocycles. The molecule has 66 valence electrons. The van der Waals surface area contributed by atoms with Crippen LogP contribution in [0.2, 0.25) is 0 Å². The Morgan fingerprint density at radius 2 is 2.38 bits per heavy atom. The van der Waals surface area contributed by atoms with Gasteiger partial charge in [-0.05, 0) is 15.5 Å². The lowest BCUT2D eigenvalue weighted by atomic mass is 10.2. The number of pyridine rings is 1. The van der Waals surface area contributed by atoms with Gasteiger partial charge in [-0.25, -0.2) is 0 Å². The SMILES string of the molecule is N#Cc1cc(CCl)cc([N+](=O)[O-])n1. The summed E-state index contributed by atoms with van der Waals surface area (Å²) in [5, 5.41) is 18.8. The van der Waals surface area contributed by atoms with E-state index in [0.29, 0.717) is 5.56 Å². The third kappa shape index (κ3) is 2.13. The third-order valence-corrected chi connectivity index (χ3v) is 1.64. The van der Waals surface area contributed by atoms with Crippen LogP contribution in [0, 0.1) is 21.4 Å². The van der Waals surface area contributed by atoms with Crippen molar-refractivity contribution in [1.82, 2.24) is 4.98 Å². The van der Waals surface area contributed by atoms with Gasteiger partial charge in [0, 0.05) is 18.0 Å². The molecule has 1 aromatic rings. The van der Waals surface area contributed by atoms with E-state index in [0.717, 1.165) is 0 Å². The zero-order valence-electron chi connectivity index (χ0n) is 6.40. The molecule has 0 saturated heterocycles. The van der Waals surface area contributed by atoms with Gasteiger partial charge in [-0.3, -0.25) is 0 Å². The molecule has 0 amide bonds. The number of alkyl halides is 1. The van der Waals surface area contributed by atoms with Crippen LogP contribution in [0.25, 0.3) is 0 Å². The molecule has 0 spiro atoms. The van der Waals surface area contributed by atoms with E-state index in [1.165, 1.54) is 12.1 Å². The molecule has 6 heteroatoms. The molecule has 0 fully saturated rings. The first-order valence-corrected chi connectivity index (χ1v) is 3.82. The van der Waals surface area contributed by atoms with Gasteiger partial charge >= 0.3 is 5.82 Å². The minimum absolute atomic E-state index is 0.00449. The Kier molecular flexibility index (Phi) is 2.77. The Balaban J connectivity index is 3.24. The van der Waals surface area contributed by atoms with Crippen molar-refractivity contribution >= 4 is 17.4 Å². The Hall–Kier alpha value is -1.67. The maximum atomic E-state index is 10.3. The van der Waals surface area contributed by atoms with Gasteiger partial charge in [0.2, 0.25) is 0 Å². The van der Waals surface area contributed by atoms with Crippen LogP contribution in [0.4, 0.5) is 5.82 Å². The summed E-state index contributed by atoms with van der Waals surface area (Å²) < 4.78 is 0. The molecule has 0 aliphatic carbocycles. The molecule has 0 saturated carbocycles. The fourth-order valence-corrected chi connectivity index (χ4v) is 0.953. The summed E-state index contributed by atoms with van der Waals surface area (Å²) in [4.78, 5) is 13.2. The number of rotatable bonds is 2. The van der Waals surface area contributed by atoms with E-state index in [4.69, 9.17) is 16.9 Å². The van der Waals surface area contributed by atoms with Gasteiger partial charge in [0.25, 0.3) is 5.69 Å². The third-order valence-electron chi connectivity index (χ3n) is 1.33. The number of nitro groups is 1. The second-order valence-corrected chi connectivity index (χ2v) is 2.49. The standard InChI is InChI=1S/C7H4ClN3O2/c8-3-5-1-6(4-9)10-7(2-5)11(12)13/h1-2H,3H2. The Morgan fingerprint density at radius 1 is 1.69 bits per heavy atom. The highest BCUT2D eigenvalue weighted by molar-refractivity contribution is 6.17. The van der Waals surface area contributed by atoms with E-state index in [1.807, 2.05) is 0 Å².